The van der Waals surface area contributed by atoms with Crippen LogP contribution in [-0.4, -0.2) is 16.1 Å². The van der Waals surface area contributed by atoms with Crippen molar-refractivity contribution in [2.75, 3.05) is 0 Å². The summed E-state index contributed by atoms with van der Waals surface area (Å²) in [5.74, 6) is -1.23. The van der Waals surface area contributed by atoms with Gasteiger partial charge in [-0.15, -0.1) is 0 Å². The van der Waals surface area contributed by atoms with E-state index in [1.54, 1.807) is 6.07 Å². The Morgan fingerprint density at radius 2 is 2.25 bits per heavy atom. The van der Waals surface area contributed by atoms with Gasteiger partial charge in [0.1, 0.15) is 11.0 Å². The summed E-state index contributed by atoms with van der Waals surface area (Å²) in [4.78, 5) is 13.3. The highest BCUT2D eigenvalue weighted by atomic mass is 35.5. The Morgan fingerprint density at radius 3 is 2.94 bits per heavy atom. The van der Waals surface area contributed by atoms with Gasteiger partial charge in [0, 0.05) is 17.3 Å². The van der Waals surface area contributed by atoms with Crippen molar-refractivity contribution in [3.05, 3.63) is 34.7 Å². The van der Waals surface area contributed by atoms with Gasteiger partial charge in [-0.1, -0.05) is 11.6 Å². The number of benzene rings is 1. The molecule has 0 radical (unpaired) electrons. The van der Waals surface area contributed by atoms with Crippen molar-refractivity contribution in [2.24, 2.45) is 0 Å². The predicted molar refractivity (Wildman–Crippen MR) is 59.2 cm³/mol. The molecule has 0 amide bonds. The fourth-order valence-corrected chi connectivity index (χ4v) is 1.97. The highest BCUT2D eigenvalue weighted by molar-refractivity contribution is 6.31. The number of rotatable bonds is 3. The zero-order valence-electron chi connectivity index (χ0n) is 8.26. The Labute approximate surface area is 95.8 Å². The van der Waals surface area contributed by atoms with Crippen LogP contribution in [0.25, 0.3) is 10.9 Å². The molecule has 0 spiro atoms. The molecular formula is C11H9ClFNO2. The standard InChI is InChI=1S/C11H9ClFNO2/c12-11-8(3-4-10(15)16)7-2-1-6(13)5-9(7)14-11/h1-2,5,14H,3-4H2,(H,15,16). The van der Waals surface area contributed by atoms with Gasteiger partial charge in [-0.25, -0.2) is 4.39 Å². The molecule has 84 valence electrons. The lowest BCUT2D eigenvalue weighted by Crippen LogP contribution is -1.97. The maximum atomic E-state index is 12.9. The lowest BCUT2D eigenvalue weighted by molar-refractivity contribution is -0.136. The number of fused-ring (bicyclic) bond motifs is 1. The molecule has 5 heteroatoms. The van der Waals surface area contributed by atoms with Crippen LogP contribution in [0, 0.1) is 5.82 Å². The average Bonchev–Trinajstić information content (AvgIpc) is 2.50. The van der Waals surface area contributed by atoms with Gasteiger partial charge >= 0.3 is 5.97 Å². The summed E-state index contributed by atoms with van der Waals surface area (Å²) in [6, 6.07) is 4.27. The monoisotopic (exact) mass is 241 g/mol. The number of aromatic nitrogens is 1. The molecule has 3 nitrogen and oxygen atoms in total. The number of aryl methyl sites for hydroxylation is 1. The molecule has 0 saturated carbocycles. The number of hydrogen-bond donors (Lipinski definition) is 2. The second-order valence-electron chi connectivity index (χ2n) is 3.50. The Balaban J connectivity index is 2.43. The minimum atomic E-state index is -0.882. The molecule has 0 saturated heterocycles. The number of carbonyl (C=O) groups is 1. The van der Waals surface area contributed by atoms with E-state index in [-0.39, 0.29) is 12.2 Å². The Kier molecular flexibility index (Phi) is 2.83. The molecule has 1 aromatic carbocycles. The predicted octanol–water partition coefficient (Wildman–Crippen LogP) is 2.98. The zero-order chi connectivity index (χ0) is 11.7. The maximum Gasteiger partial charge on any atom is 0.303 e. The van der Waals surface area contributed by atoms with E-state index < -0.39 is 5.97 Å². The Bertz CT molecular complexity index is 550. The van der Waals surface area contributed by atoms with E-state index in [4.69, 9.17) is 16.7 Å². The highest BCUT2D eigenvalue weighted by Gasteiger charge is 2.11. The number of nitrogens with one attached hydrogen (secondary N) is 1. The number of carboxylic acids is 1. The molecule has 2 N–H and O–H groups in total. The van der Waals surface area contributed by atoms with Gasteiger partial charge in [-0.05, 0) is 30.2 Å². The number of carboxylic acid groups (broad SMARTS) is 1. The average molecular weight is 242 g/mol. The third-order valence-electron chi connectivity index (χ3n) is 2.40. The van der Waals surface area contributed by atoms with Gasteiger partial charge in [0.2, 0.25) is 0 Å². The van der Waals surface area contributed by atoms with E-state index in [9.17, 15) is 9.18 Å². The van der Waals surface area contributed by atoms with Crippen LogP contribution in [0.5, 0.6) is 0 Å². The van der Waals surface area contributed by atoms with E-state index in [0.29, 0.717) is 17.1 Å². The fraction of sp³-hybridized carbons (Fsp3) is 0.182. The van der Waals surface area contributed by atoms with Gasteiger partial charge < -0.3 is 10.1 Å². The number of aromatic amines is 1. The summed E-state index contributed by atoms with van der Waals surface area (Å²) in [5, 5.41) is 9.75. The minimum absolute atomic E-state index is 0.00402. The van der Waals surface area contributed by atoms with Crippen molar-refractivity contribution in [2.45, 2.75) is 12.8 Å². The van der Waals surface area contributed by atoms with Gasteiger partial charge in [-0.2, -0.15) is 0 Å². The summed E-state index contributed by atoms with van der Waals surface area (Å²) in [5.41, 5.74) is 1.31. The second-order valence-corrected chi connectivity index (χ2v) is 3.88. The molecule has 1 aromatic heterocycles. The second kappa shape index (κ2) is 4.14. The molecule has 0 fully saturated rings. The van der Waals surface area contributed by atoms with E-state index in [1.165, 1.54) is 12.1 Å². The fourth-order valence-electron chi connectivity index (χ4n) is 1.67. The van der Waals surface area contributed by atoms with Crippen molar-refractivity contribution in [1.29, 1.82) is 0 Å². The van der Waals surface area contributed by atoms with Crippen LogP contribution in [0.2, 0.25) is 5.15 Å². The molecule has 0 aliphatic carbocycles. The van der Waals surface area contributed by atoms with E-state index >= 15 is 0 Å². The molecule has 1 heterocycles. The van der Waals surface area contributed by atoms with Crippen LogP contribution >= 0.6 is 11.6 Å². The first-order chi connectivity index (χ1) is 7.58. The molecular weight excluding hydrogens is 233 g/mol. The molecule has 2 aromatic rings. The summed E-state index contributed by atoms with van der Waals surface area (Å²) < 4.78 is 12.9. The summed E-state index contributed by atoms with van der Waals surface area (Å²) in [6.07, 6.45) is 0.337. The first-order valence-corrected chi connectivity index (χ1v) is 5.13. The van der Waals surface area contributed by atoms with E-state index in [2.05, 4.69) is 4.98 Å². The number of aliphatic carboxylic acids is 1. The molecule has 0 unspecified atom stereocenters. The third-order valence-corrected chi connectivity index (χ3v) is 2.73. The number of H-pyrrole nitrogens is 1. The zero-order valence-corrected chi connectivity index (χ0v) is 9.01. The topological polar surface area (TPSA) is 53.1 Å². The van der Waals surface area contributed by atoms with Crippen molar-refractivity contribution < 1.29 is 14.3 Å². The van der Waals surface area contributed by atoms with Crippen LogP contribution < -0.4 is 0 Å². The Hall–Kier alpha value is -1.55. The summed E-state index contributed by atoms with van der Waals surface area (Å²) in [7, 11) is 0. The van der Waals surface area contributed by atoms with Crippen molar-refractivity contribution in [3.63, 3.8) is 0 Å². The first kappa shape index (κ1) is 11.0. The molecule has 0 aliphatic rings. The molecule has 0 atom stereocenters. The first-order valence-electron chi connectivity index (χ1n) is 4.75. The number of hydrogen-bond acceptors (Lipinski definition) is 1. The lowest BCUT2D eigenvalue weighted by Gasteiger charge is -1.97. The highest BCUT2D eigenvalue weighted by Crippen LogP contribution is 2.27. The summed E-state index contributed by atoms with van der Waals surface area (Å²) >= 11 is 5.93. The van der Waals surface area contributed by atoms with Gasteiger partial charge in [-0.3, -0.25) is 4.79 Å². The minimum Gasteiger partial charge on any atom is -0.481 e. The lowest BCUT2D eigenvalue weighted by atomic mass is 10.1. The summed E-state index contributed by atoms with van der Waals surface area (Å²) in [6.45, 7) is 0. The molecule has 16 heavy (non-hydrogen) atoms. The molecule has 0 aliphatic heterocycles. The van der Waals surface area contributed by atoms with Crippen LogP contribution in [0.3, 0.4) is 0 Å². The Morgan fingerprint density at radius 1 is 1.50 bits per heavy atom. The van der Waals surface area contributed by atoms with E-state index in [1.807, 2.05) is 0 Å². The SMILES string of the molecule is O=C(O)CCc1c(Cl)[nH]c2cc(F)ccc12. The van der Waals surface area contributed by atoms with E-state index in [0.717, 1.165) is 10.9 Å². The van der Waals surface area contributed by atoms with Crippen LogP contribution in [-0.2, 0) is 11.2 Å². The molecule has 2 rings (SSSR count). The van der Waals surface area contributed by atoms with Crippen molar-refractivity contribution >= 4 is 28.5 Å². The molecule has 0 bridgehead atoms. The van der Waals surface area contributed by atoms with Gasteiger partial charge in [0.15, 0.2) is 0 Å². The normalized spacial score (nSPS) is 10.9. The van der Waals surface area contributed by atoms with Crippen LogP contribution in [0.15, 0.2) is 18.2 Å². The van der Waals surface area contributed by atoms with Crippen molar-refractivity contribution in [3.8, 4) is 0 Å². The van der Waals surface area contributed by atoms with Crippen molar-refractivity contribution in [1.82, 2.24) is 4.98 Å². The largest absolute Gasteiger partial charge is 0.481 e. The third kappa shape index (κ3) is 2.02. The van der Waals surface area contributed by atoms with Crippen LogP contribution in [0.1, 0.15) is 12.0 Å². The van der Waals surface area contributed by atoms with Gasteiger partial charge in [0.05, 0.1) is 0 Å². The smallest absolute Gasteiger partial charge is 0.303 e. The quantitative estimate of drug-likeness (QED) is 0.868. The van der Waals surface area contributed by atoms with Crippen LogP contribution in [0.4, 0.5) is 4.39 Å². The van der Waals surface area contributed by atoms with Gasteiger partial charge in [0.25, 0.3) is 0 Å². The number of halogens is 2. The maximum absolute atomic E-state index is 12.9.